The summed E-state index contributed by atoms with van der Waals surface area (Å²) < 4.78 is 89.2. The molecule has 11 heteroatoms. The molecule has 0 heterocycles. The van der Waals surface area contributed by atoms with E-state index in [0.717, 1.165) is 6.92 Å². The number of sulfonamides is 1. The van der Waals surface area contributed by atoms with Gasteiger partial charge in [-0.05, 0) is 6.92 Å². The van der Waals surface area contributed by atoms with Gasteiger partial charge < -0.3 is 5.11 Å². The number of carbonyl (C=O) groups is 1. The largest absolute Gasteiger partial charge is 0.480 e. The van der Waals surface area contributed by atoms with Gasteiger partial charge in [-0.15, -0.1) is 0 Å². The normalized spacial score (nSPS) is 13.3. The van der Waals surface area contributed by atoms with Crippen LogP contribution < -0.4 is 4.72 Å². The number of benzene rings is 1. The van der Waals surface area contributed by atoms with Crippen LogP contribution in [-0.2, 0) is 14.8 Å². The van der Waals surface area contributed by atoms with Crippen LogP contribution >= 0.6 is 0 Å². The summed E-state index contributed by atoms with van der Waals surface area (Å²) in [5.74, 6) is -14.3. The van der Waals surface area contributed by atoms with Crippen LogP contribution in [0.25, 0.3) is 0 Å². The average molecular weight is 319 g/mol. The van der Waals surface area contributed by atoms with Gasteiger partial charge in [0.15, 0.2) is 28.2 Å². The summed E-state index contributed by atoms with van der Waals surface area (Å²) in [6, 6.07) is -1.84. The van der Waals surface area contributed by atoms with Crippen LogP contribution in [0, 0.1) is 29.1 Å². The molecule has 0 bridgehead atoms. The minimum absolute atomic E-state index is 0.798. The summed E-state index contributed by atoms with van der Waals surface area (Å²) in [6.45, 7) is 0.798. The summed E-state index contributed by atoms with van der Waals surface area (Å²) in [5.41, 5.74) is 0. The molecule has 1 rings (SSSR count). The maximum Gasteiger partial charge on any atom is 0.321 e. The topological polar surface area (TPSA) is 83.5 Å². The molecule has 1 atom stereocenters. The van der Waals surface area contributed by atoms with Crippen molar-refractivity contribution in [2.75, 3.05) is 0 Å². The summed E-state index contributed by atoms with van der Waals surface area (Å²) in [6.07, 6.45) is 0. The second kappa shape index (κ2) is 5.32. The molecule has 0 aliphatic rings. The smallest absolute Gasteiger partial charge is 0.321 e. The Kier molecular flexibility index (Phi) is 4.34. The molecule has 0 aromatic heterocycles. The maximum atomic E-state index is 13.3. The molecule has 112 valence electrons. The molecule has 5 nitrogen and oxygen atoms in total. The van der Waals surface area contributed by atoms with Crippen molar-refractivity contribution < 1.29 is 40.3 Å². The lowest BCUT2D eigenvalue weighted by atomic mass is 10.3. The fourth-order valence-corrected chi connectivity index (χ4v) is 2.50. The first-order valence-corrected chi connectivity index (χ1v) is 6.25. The molecular weight excluding hydrogens is 313 g/mol. The first-order chi connectivity index (χ1) is 9.00. The number of carboxylic acid groups (broad SMARTS) is 1. The van der Waals surface area contributed by atoms with Crippen LogP contribution in [0.2, 0.25) is 0 Å². The van der Waals surface area contributed by atoms with Gasteiger partial charge in [-0.25, -0.2) is 30.4 Å². The Bertz CT molecular complexity index is 646. The van der Waals surface area contributed by atoms with Gasteiger partial charge in [-0.2, -0.15) is 4.72 Å². The minimum atomic E-state index is -5.26. The number of carboxylic acids is 1. The van der Waals surface area contributed by atoms with E-state index in [0.29, 0.717) is 0 Å². The molecule has 0 saturated heterocycles. The predicted molar refractivity (Wildman–Crippen MR) is 53.7 cm³/mol. The molecule has 0 amide bonds. The SMILES string of the molecule is CC(NS(=O)(=O)c1c(F)c(F)c(F)c(F)c1F)C(=O)O. The second-order valence-corrected chi connectivity index (χ2v) is 5.23. The zero-order chi connectivity index (χ0) is 15.8. The maximum absolute atomic E-state index is 13.3. The molecule has 20 heavy (non-hydrogen) atoms. The van der Waals surface area contributed by atoms with E-state index in [-0.39, 0.29) is 0 Å². The van der Waals surface area contributed by atoms with Gasteiger partial charge in [-0.1, -0.05) is 0 Å². The molecule has 0 saturated carbocycles. The van der Waals surface area contributed by atoms with E-state index in [1.807, 2.05) is 0 Å². The number of aliphatic carboxylic acids is 1. The number of hydrogen-bond donors (Lipinski definition) is 2. The Morgan fingerprint density at radius 1 is 1.00 bits per heavy atom. The molecule has 1 aromatic carbocycles. The van der Waals surface area contributed by atoms with E-state index in [1.54, 1.807) is 0 Å². The summed E-state index contributed by atoms with van der Waals surface area (Å²) in [5, 5.41) is 8.46. The van der Waals surface area contributed by atoms with Gasteiger partial charge >= 0.3 is 5.97 Å². The van der Waals surface area contributed by atoms with Crippen molar-refractivity contribution in [3.63, 3.8) is 0 Å². The summed E-state index contributed by atoms with van der Waals surface area (Å²) in [7, 11) is -5.26. The van der Waals surface area contributed by atoms with Crippen molar-refractivity contribution >= 4 is 16.0 Å². The number of rotatable bonds is 4. The Morgan fingerprint density at radius 3 is 1.70 bits per heavy atom. The van der Waals surface area contributed by atoms with E-state index in [2.05, 4.69) is 0 Å². The first-order valence-electron chi connectivity index (χ1n) is 4.77. The van der Waals surface area contributed by atoms with Gasteiger partial charge in [0.05, 0.1) is 0 Å². The van der Waals surface area contributed by atoms with E-state index in [4.69, 9.17) is 5.11 Å². The van der Waals surface area contributed by atoms with Crippen LogP contribution in [0.3, 0.4) is 0 Å². The molecule has 0 fully saturated rings. The van der Waals surface area contributed by atoms with Crippen LogP contribution in [-0.4, -0.2) is 25.5 Å². The van der Waals surface area contributed by atoms with Crippen molar-refractivity contribution in [2.24, 2.45) is 0 Å². The zero-order valence-electron chi connectivity index (χ0n) is 9.55. The molecular formula is C9H6F5NO4S. The third-order valence-corrected chi connectivity index (χ3v) is 3.70. The third-order valence-electron chi connectivity index (χ3n) is 2.14. The predicted octanol–water partition coefficient (Wildman–Crippen LogP) is 1.13. The van der Waals surface area contributed by atoms with E-state index in [1.165, 1.54) is 4.72 Å². The van der Waals surface area contributed by atoms with Gasteiger partial charge in [-0.3, -0.25) is 4.79 Å². The molecule has 2 N–H and O–H groups in total. The van der Waals surface area contributed by atoms with Crippen LogP contribution in [0.4, 0.5) is 22.0 Å². The fourth-order valence-electron chi connectivity index (χ4n) is 1.16. The quantitative estimate of drug-likeness (QED) is 0.495. The van der Waals surface area contributed by atoms with Gasteiger partial charge in [0.2, 0.25) is 15.8 Å². The highest BCUT2D eigenvalue weighted by Crippen LogP contribution is 2.26. The van der Waals surface area contributed by atoms with Crippen LogP contribution in [0.5, 0.6) is 0 Å². The van der Waals surface area contributed by atoms with Crippen molar-refractivity contribution in [1.29, 1.82) is 0 Å². The molecule has 0 aliphatic carbocycles. The minimum Gasteiger partial charge on any atom is -0.480 e. The second-order valence-electron chi connectivity index (χ2n) is 3.58. The number of hydrogen-bond acceptors (Lipinski definition) is 3. The molecule has 1 aromatic rings. The van der Waals surface area contributed by atoms with Gasteiger partial charge in [0.25, 0.3) is 0 Å². The number of nitrogens with one attached hydrogen (secondary N) is 1. The molecule has 0 aliphatic heterocycles. The monoisotopic (exact) mass is 319 g/mol. The molecule has 0 radical (unpaired) electrons. The fraction of sp³-hybridized carbons (Fsp3) is 0.222. The Labute approximate surface area is 109 Å². The third kappa shape index (κ3) is 2.72. The number of halogens is 5. The van der Waals surface area contributed by atoms with Gasteiger partial charge in [0, 0.05) is 0 Å². The molecule has 0 spiro atoms. The van der Waals surface area contributed by atoms with E-state index >= 15 is 0 Å². The Hall–Kier alpha value is -1.75. The standard InChI is InChI=1S/C9H6F5NO4S/c1-2(9(16)17)15-20(18,19)8-6(13)4(11)3(10)5(12)7(8)14/h2,15H,1H3,(H,16,17). The molecule has 1 unspecified atom stereocenters. The van der Waals surface area contributed by atoms with E-state index in [9.17, 15) is 35.2 Å². The van der Waals surface area contributed by atoms with Crippen LogP contribution in [0.1, 0.15) is 6.92 Å². The van der Waals surface area contributed by atoms with Crippen molar-refractivity contribution in [3.05, 3.63) is 29.1 Å². The first kappa shape index (κ1) is 16.3. The average Bonchev–Trinajstić information content (AvgIpc) is 2.33. The summed E-state index contributed by atoms with van der Waals surface area (Å²) in [4.78, 5) is 8.31. The Balaban J connectivity index is 3.51. The van der Waals surface area contributed by atoms with Crippen molar-refractivity contribution in [2.45, 2.75) is 17.9 Å². The lowest BCUT2D eigenvalue weighted by Gasteiger charge is -2.12. The lowest BCUT2D eigenvalue weighted by Crippen LogP contribution is -2.39. The van der Waals surface area contributed by atoms with Crippen LogP contribution in [0.15, 0.2) is 4.90 Å². The van der Waals surface area contributed by atoms with Crippen molar-refractivity contribution in [3.8, 4) is 0 Å². The van der Waals surface area contributed by atoms with Gasteiger partial charge in [0.1, 0.15) is 6.04 Å². The summed E-state index contributed by atoms with van der Waals surface area (Å²) >= 11 is 0. The lowest BCUT2D eigenvalue weighted by molar-refractivity contribution is -0.138. The highest BCUT2D eigenvalue weighted by atomic mass is 32.2. The van der Waals surface area contributed by atoms with Crippen molar-refractivity contribution in [1.82, 2.24) is 4.72 Å². The highest BCUT2D eigenvalue weighted by molar-refractivity contribution is 7.89. The van der Waals surface area contributed by atoms with E-state index < -0.39 is 56.0 Å². The zero-order valence-corrected chi connectivity index (χ0v) is 10.4. The Morgan fingerprint density at radius 2 is 1.35 bits per heavy atom. The highest BCUT2D eigenvalue weighted by Gasteiger charge is 2.34.